The highest BCUT2D eigenvalue weighted by Crippen LogP contribution is 2.52. The molecule has 1 aliphatic rings. The van der Waals surface area contributed by atoms with Crippen LogP contribution in [0.4, 0.5) is 0 Å². The zero-order valence-corrected chi connectivity index (χ0v) is 10.9. The molecule has 0 saturated heterocycles. The third-order valence-electron chi connectivity index (χ3n) is 3.74. The summed E-state index contributed by atoms with van der Waals surface area (Å²) in [6, 6.07) is 9.99. The van der Waals surface area contributed by atoms with Gasteiger partial charge in [-0.15, -0.1) is 0 Å². The van der Waals surface area contributed by atoms with E-state index in [0.717, 1.165) is 11.3 Å². The number of nitrogens with zero attached hydrogens (tertiary/aromatic N) is 1. The molecule has 0 amide bonds. The largest absolute Gasteiger partial charge is 0.497 e. The van der Waals surface area contributed by atoms with Crippen LogP contribution in [0.25, 0.3) is 0 Å². The van der Waals surface area contributed by atoms with E-state index in [4.69, 9.17) is 14.2 Å². The summed E-state index contributed by atoms with van der Waals surface area (Å²) >= 11 is 0. The summed E-state index contributed by atoms with van der Waals surface area (Å²) in [5, 5.41) is 9.45. The molecule has 0 unspecified atom stereocenters. The molecular weight excluding hydrogens is 230 g/mol. The summed E-state index contributed by atoms with van der Waals surface area (Å²) in [5.74, 6) is 0.172. The number of rotatable bonds is 4. The van der Waals surface area contributed by atoms with Gasteiger partial charge in [0.2, 0.25) is 0 Å². The van der Waals surface area contributed by atoms with E-state index in [9.17, 15) is 5.26 Å². The Labute approximate surface area is 107 Å². The number of benzene rings is 1. The van der Waals surface area contributed by atoms with Crippen molar-refractivity contribution in [2.75, 3.05) is 21.3 Å². The van der Waals surface area contributed by atoms with Gasteiger partial charge in [0.15, 0.2) is 5.79 Å². The molecule has 1 aliphatic carbocycles. The van der Waals surface area contributed by atoms with Crippen molar-refractivity contribution >= 4 is 0 Å². The molecule has 4 heteroatoms. The molecule has 0 N–H and O–H groups in total. The van der Waals surface area contributed by atoms with Crippen molar-refractivity contribution in [3.05, 3.63) is 29.8 Å². The Morgan fingerprint density at radius 2 is 1.61 bits per heavy atom. The molecule has 0 spiro atoms. The third-order valence-corrected chi connectivity index (χ3v) is 3.74. The molecule has 0 aromatic heterocycles. The molecule has 1 aromatic carbocycles. The summed E-state index contributed by atoms with van der Waals surface area (Å²) in [6.45, 7) is 0. The number of ether oxygens (including phenoxy) is 3. The molecule has 1 aromatic rings. The Balaban J connectivity index is 2.23. The Morgan fingerprint density at radius 1 is 1.06 bits per heavy atom. The van der Waals surface area contributed by atoms with Gasteiger partial charge in [0.25, 0.3) is 0 Å². The van der Waals surface area contributed by atoms with Gasteiger partial charge in [0.1, 0.15) is 5.75 Å². The van der Waals surface area contributed by atoms with Crippen LogP contribution in [-0.2, 0) is 14.9 Å². The predicted octanol–water partition coefficient (Wildman–Crippen LogP) is 2.24. The van der Waals surface area contributed by atoms with Crippen LogP contribution in [0, 0.1) is 11.3 Å². The lowest BCUT2D eigenvalue weighted by atomic mass is 9.61. The summed E-state index contributed by atoms with van der Waals surface area (Å²) in [5.41, 5.74) is 0.466. The van der Waals surface area contributed by atoms with E-state index in [1.54, 1.807) is 21.3 Å². The topological polar surface area (TPSA) is 51.5 Å². The fraction of sp³-hybridized carbons (Fsp3) is 0.500. The number of methoxy groups -OCH3 is 3. The second-order valence-corrected chi connectivity index (χ2v) is 4.59. The molecule has 0 heterocycles. The maximum absolute atomic E-state index is 9.45. The van der Waals surface area contributed by atoms with Gasteiger partial charge in [-0.3, -0.25) is 0 Å². The Morgan fingerprint density at radius 3 is 2.00 bits per heavy atom. The minimum Gasteiger partial charge on any atom is -0.497 e. The zero-order valence-electron chi connectivity index (χ0n) is 10.9. The van der Waals surface area contributed by atoms with Crippen LogP contribution in [-0.4, -0.2) is 27.1 Å². The lowest BCUT2D eigenvalue weighted by molar-refractivity contribution is -0.269. The van der Waals surface area contributed by atoms with Crippen molar-refractivity contribution in [2.24, 2.45) is 0 Å². The lowest BCUT2D eigenvalue weighted by Gasteiger charge is -2.50. The Bertz CT molecular complexity index is 449. The van der Waals surface area contributed by atoms with E-state index in [0.29, 0.717) is 12.8 Å². The van der Waals surface area contributed by atoms with Crippen LogP contribution in [0.1, 0.15) is 18.4 Å². The highest BCUT2D eigenvalue weighted by Gasteiger charge is 2.57. The molecule has 18 heavy (non-hydrogen) atoms. The van der Waals surface area contributed by atoms with Crippen LogP contribution < -0.4 is 4.74 Å². The van der Waals surface area contributed by atoms with Crippen LogP contribution in [0.5, 0.6) is 5.75 Å². The fourth-order valence-electron chi connectivity index (χ4n) is 2.50. The van der Waals surface area contributed by atoms with E-state index in [2.05, 4.69) is 6.07 Å². The SMILES string of the molecule is COc1ccc(C2(C#N)CC(OC)(OC)C2)cc1. The minimum absolute atomic E-state index is 0.516. The van der Waals surface area contributed by atoms with Gasteiger partial charge >= 0.3 is 0 Å². The van der Waals surface area contributed by atoms with E-state index >= 15 is 0 Å². The molecule has 0 atom stereocenters. The molecule has 1 saturated carbocycles. The molecule has 4 nitrogen and oxygen atoms in total. The fourth-order valence-corrected chi connectivity index (χ4v) is 2.50. The van der Waals surface area contributed by atoms with Gasteiger partial charge in [-0.05, 0) is 17.7 Å². The molecule has 96 valence electrons. The molecule has 0 aliphatic heterocycles. The van der Waals surface area contributed by atoms with Crippen molar-refractivity contribution < 1.29 is 14.2 Å². The standard InChI is InChI=1S/C14H17NO3/c1-16-12-6-4-11(5-7-12)13(10-15)8-14(9-13,17-2)18-3/h4-7H,8-9H2,1-3H3. The van der Waals surface area contributed by atoms with Gasteiger partial charge in [0.05, 0.1) is 18.6 Å². The highest BCUT2D eigenvalue weighted by molar-refractivity contribution is 5.40. The minimum atomic E-state index is -0.615. The first-order chi connectivity index (χ1) is 8.63. The van der Waals surface area contributed by atoms with Crippen molar-refractivity contribution in [3.63, 3.8) is 0 Å². The smallest absolute Gasteiger partial charge is 0.171 e. The Hall–Kier alpha value is -1.57. The molecule has 0 radical (unpaired) electrons. The quantitative estimate of drug-likeness (QED) is 0.766. The summed E-state index contributed by atoms with van der Waals surface area (Å²) in [4.78, 5) is 0. The number of hydrogen-bond donors (Lipinski definition) is 0. The first-order valence-electron chi connectivity index (χ1n) is 5.80. The molecule has 0 bridgehead atoms. The summed E-state index contributed by atoms with van der Waals surface area (Å²) in [6.07, 6.45) is 1.10. The average molecular weight is 247 g/mol. The van der Waals surface area contributed by atoms with Gasteiger partial charge in [-0.25, -0.2) is 0 Å². The maximum Gasteiger partial charge on any atom is 0.171 e. The van der Waals surface area contributed by atoms with Crippen LogP contribution in [0.2, 0.25) is 0 Å². The van der Waals surface area contributed by atoms with Gasteiger partial charge in [0, 0.05) is 27.1 Å². The van der Waals surface area contributed by atoms with Crippen LogP contribution in [0.3, 0.4) is 0 Å². The van der Waals surface area contributed by atoms with Crippen molar-refractivity contribution in [1.82, 2.24) is 0 Å². The van der Waals surface area contributed by atoms with E-state index < -0.39 is 11.2 Å². The lowest BCUT2D eigenvalue weighted by Crippen LogP contribution is -2.56. The van der Waals surface area contributed by atoms with Crippen molar-refractivity contribution in [1.29, 1.82) is 5.26 Å². The van der Waals surface area contributed by atoms with Gasteiger partial charge in [-0.1, -0.05) is 12.1 Å². The maximum atomic E-state index is 9.45. The zero-order chi connectivity index (χ0) is 13.2. The van der Waals surface area contributed by atoms with Crippen molar-refractivity contribution in [2.45, 2.75) is 24.0 Å². The second-order valence-electron chi connectivity index (χ2n) is 4.59. The molecular formula is C14H17NO3. The summed E-state index contributed by atoms with van der Waals surface area (Å²) < 4.78 is 15.8. The number of hydrogen-bond acceptors (Lipinski definition) is 4. The van der Waals surface area contributed by atoms with E-state index in [1.165, 1.54) is 0 Å². The van der Waals surface area contributed by atoms with Crippen LogP contribution in [0.15, 0.2) is 24.3 Å². The van der Waals surface area contributed by atoms with Crippen molar-refractivity contribution in [3.8, 4) is 11.8 Å². The summed E-state index contributed by atoms with van der Waals surface area (Å²) in [7, 11) is 4.84. The second kappa shape index (κ2) is 4.60. The van der Waals surface area contributed by atoms with E-state index in [1.807, 2.05) is 24.3 Å². The van der Waals surface area contributed by atoms with Crippen LogP contribution >= 0.6 is 0 Å². The molecule has 1 fully saturated rings. The molecule has 2 rings (SSSR count). The van der Waals surface area contributed by atoms with Gasteiger partial charge < -0.3 is 14.2 Å². The average Bonchev–Trinajstić information content (AvgIpc) is 2.40. The third kappa shape index (κ3) is 1.86. The number of nitriles is 1. The first kappa shape index (κ1) is 12.9. The normalized spacial score (nSPS) is 19.7. The Kier molecular flexibility index (Phi) is 3.29. The van der Waals surface area contributed by atoms with E-state index in [-0.39, 0.29) is 0 Å². The van der Waals surface area contributed by atoms with Gasteiger partial charge in [-0.2, -0.15) is 5.26 Å². The predicted molar refractivity (Wildman–Crippen MR) is 66.3 cm³/mol. The monoisotopic (exact) mass is 247 g/mol. The first-order valence-corrected chi connectivity index (χ1v) is 5.80. The highest BCUT2D eigenvalue weighted by atomic mass is 16.7.